The number of ketones is 1. The fourth-order valence-electron chi connectivity index (χ4n) is 3.93. The Morgan fingerprint density at radius 1 is 1.03 bits per heavy atom. The van der Waals surface area contributed by atoms with Gasteiger partial charge in [-0.25, -0.2) is 0 Å². The standard InChI is InChI=1S/C27H26N2O4/c1-4-18-8-12-20(13-9-18)29-24(22-7-5-6-16-28-22)23(26(31)27(29)32)25(30)19-10-14-21(15-11-19)33-17(2)3/h5-17,24,30H,4H2,1-3H3/b25-23-. The number of anilines is 1. The molecule has 0 aliphatic carbocycles. The van der Waals surface area contributed by atoms with E-state index < -0.39 is 17.7 Å². The molecular weight excluding hydrogens is 416 g/mol. The summed E-state index contributed by atoms with van der Waals surface area (Å²) in [6, 6.07) is 18.7. The third-order valence-electron chi connectivity index (χ3n) is 5.53. The summed E-state index contributed by atoms with van der Waals surface area (Å²) in [7, 11) is 0. The van der Waals surface area contributed by atoms with Gasteiger partial charge in [0.1, 0.15) is 17.6 Å². The van der Waals surface area contributed by atoms with E-state index in [1.54, 1.807) is 48.7 Å². The average Bonchev–Trinajstić information content (AvgIpc) is 3.10. The number of aromatic nitrogens is 1. The van der Waals surface area contributed by atoms with Gasteiger partial charge in [0.15, 0.2) is 0 Å². The van der Waals surface area contributed by atoms with Crippen molar-refractivity contribution >= 4 is 23.1 Å². The molecule has 1 amide bonds. The molecule has 3 aromatic rings. The second-order valence-electron chi connectivity index (χ2n) is 8.13. The molecule has 6 heteroatoms. The third-order valence-corrected chi connectivity index (χ3v) is 5.53. The van der Waals surface area contributed by atoms with Crippen molar-refractivity contribution in [3.63, 3.8) is 0 Å². The lowest BCUT2D eigenvalue weighted by molar-refractivity contribution is -0.132. The number of aliphatic hydroxyl groups excluding tert-OH is 1. The summed E-state index contributed by atoms with van der Waals surface area (Å²) in [6.45, 7) is 5.90. The van der Waals surface area contributed by atoms with Crippen LogP contribution in [0.5, 0.6) is 5.75 Å². The number of carbonyl (C=O) groups excluding carboxylic acids is 2. The Balaban J connectivity index is 1.83. The van der Waals surface area contributed by atoms with Crippen LogP contribution in [0.4, 0.5) is 5.69 Å². The quantitative estimate of drug-likeness (QED) is 0.328. The van der Waals surface area contributed by atoms with E-state index in [1.165, 1.54) is 4.90 Å². The summed E-state index contributed by atoms with van der Waals surface area (Å²) in [5, 5.41) is 11.2. The molecule has 1 aliphatic rings. The number of amides is 1. The molecule has 0 bridgehead atoms. The van der Waals surface area contributed by atoms with E-state index in [1.807, 2.05) is 45.0 Å². The molecule has 0 saturated carbocycles. The Bertz CT molecular complexity index is 1180. The van der Waals surface area contributed by atoms with Crippen molar-refractivity contribution in [3.8, 4) is 5.75 Å². The maximum absolute atomic E-state index is 13.2. The second-order valence-corrected chi connectivity index (χ2v) is 8.13. The Morgan fingerprint density at radius 3 is 2.30 bits per heavy atom. The van der Waals surface area contributed by atoms with Crippen molar-refractivity contribution in [2.24, 2.45) is 0 Å². The largest absolute Gasteiger partial charge is 0.507 e. The number of pyridine rings is 1. The zero-order valence-corrected chi connectivity index (χ0v) is 18.9. The highest BCUT2D eigenvalue weighted by Gasteiger charge is 2.47. The van der Waals surface area contributed by atoms with Crippen LogP contribution in [0.2, 0.25) is 0 Å². The highest BCUT2D eigenvalue weighted by molar-refractivity contribution is 6.51. The maximum Gasteiger partial charge on any atom is 0.300 e. The van der Waals surface area contributed by atoms with Crippen LogP contribution in [0.15, 0.2) is 78.5 Å². The SMILES string of the molecule is CCc1ccc(N2C(=O)C(=O)/C(=C(\O)c3ccc(OC(C)C)cc3)C2c2ccccn2)cc1. The molecule has 0 radical (unpaired) electrons. The number of aryl methyl sites for hydroxylation is 1. The zero-order chi connectivity index (χ0) is 23.5. The fraction of sp³-hybridized carbons (Fsp3) is 0.222. The van der Waals surface area contributed by atoms with Crippen LogP contribution in [0.1, 0.15) is 43.6 Å². The van der Waals surface area contributed by atoms with Gasteiger partial charge in [0.25, 0.3) is 11.7 Å². The molecule has 4 rings (SSSR count). The van der Waals surface area contributed by atoms with Crippen molar-refractivity contribution in [1.82, 2.24) is 4.98 Å². The second kappa shape index (κ2) is 9.28. The van der Waals surface area contributed by atoms with Crippen LogP contribution >= 0.6 is 0 Å². The van der Waals surface area contributed by atoms with Gasteiger partial charge in [-0.1, -0.05) is 25.1 Å². The van der Waals surface area contributed by atoms with Crippen LogP contribution in [0.25, 0.3) is 5.76 Å². The molecule has 1 fully saturated rings. The average molecular weight is 443 g/mol. The number of aliphatic hydroxyl groups is 1. The van der Waals surface area contributed by atoms with Crippen LogP contribution in [-0.4, -0.2) is 27.9 Å². The Hall–Kier alpha value is -3.93. The predicted octanol–water partition coefficient (Wildman–Crippen LogP) is 5.06. The lowest BCUT2D eigenvalue weighted by Gasteiger charge is -2.24. The highest BCUT2D eigenvalue weighted by atomic mass is 16.5. The number of Topliss-reactive ketones (excluding diaryl/α,β-unsaturated/α-hetero) is 1. The first-order valence-electron chi connectivity index (χ1n) is 11.0. The third kappa shape index (κ3) is 4.37. The molecule has 2 heterocycles. The summed E-state index contributed by atoms with van der Waals surface area (Å²) < 4.78 is 5.66. The van der Waals surface area contributed by atoms with Gasteiger partial charge in [-0.2, -0.15) is 0 Å². The number of benzene rings is 2. The number of hydrogen-bond donors (Lipinski definition) is 1. The summed E-state index contributed by atoms with van der Waals surface area (Å²) in [5.74, 6) is -1.03. The van der Waals surface area contributed by atoms with E-state index in [2.05, 4.69) is 4.98 Å². The highest BCUT2D eigenvalue weighted by Crippen LogP contribution is 2.41. The van der Waals surface area contributed by atoms with Crippen molar-refractivity contribution in [2.75, 3.05) is 4.90 Å². The number of rotatable bonds is 6. The van der Waals surface area contributed by atoms with Crippen molar-refractivity contribution in [1.29, 1.82) is 0 Å². The van der Waals surface area contributed by atoms with Crippen LogP contribution < -0.4 is 9.64 Å². The molecular formula is C27H26N2O4. The molecule has 1 saturated heterocycles. The lowest BCUT2D eigenvalue weighted by Crippen LogP contribution is -2.29. The topological polar surface area (TPSA) is 79.7 Å². The first kappa shape index (κ1) is 22.3. The minimum absolute atomic E-state index is 0.01000. The number of carbonyl (C=O) groups is 2. The van der Waals surface area contributed by atoms with E-state index >= 15 is 0 Å². The molecule has 1 unspecified atom stereocenters. The van der Waals surface area contributed by atoms with Crippen LogP contribution in [-0.2, 0) is 16.0 Å². The van der Waals surface area contributed by atoms with Crippen LogP contribution in [0, 0.1) is 0 Å². The van der Waals surface area contributed by atoms with Gasteiger partial charge in [-0.15, -0.1) is 0 Å². The van der Waals surface area contributed by atoms with E-state index in [4.69, 9.17) is 4.74 Å². The summed E-state index contributed by atoms with van der Waals surface area (Å²) in [6.07, 6.45) is 2.48. The number of hydrogen-bond acceptors (Lipinski definition) is 5. The first-order valence-corrected chi connectivity index (χ1v) is 11.0. The molecule has 1 aliphatic heterocycles. The van der Waals surface area contributed by atoms with Gasteiger partial charge >= 0.3 is 0 Å². The van der Waals surface area contributed by atoms with E-state index in [9.17, 15) is 14.7 Å². The number of ether oxygens (including phenoxy) is 1. The van der Waals surface area contributed by atoms with Gasteiger partial charge in [0.05, 0.1) is 17.4 Å². The van der Waals surface area contributed by atoms with E-state index in [0.29, 0.717) is 22.7 Å². The van der Waals surface area contributed by atoms with Gasteiger partial charge in [-0.3, -0.25) is 19.5 Å². The van der Waals surface area contributed by atoms with Crippen LogP contribution in [0.3, 0.4) is 0 Å². The lowest BCUT2D eigenvalue weighted by atomic mass is 9.98. The maximum atomic E-state index is 13.2. The van der Waals surface area contributed by atoms with E-state index in [-0.39, 0.29) is 17.4 Å². The van der Waals surface area contributed by atoms with Gasteiger partial charge < -0.3 is 9.84 Å². The van der Waals surface area contributed by atoms with Crippen molar-refractivity contribution in [3.05, 3.63) is 95.3 Å². The predicted molar refractivity (Wildman–Crippen MR) is 127 cm³/mol. The van der Waals surface area contributed by atoms with E-state index in [0.717, 1.165) is 12.0 Å². The van der Waals surface area contributed by atoms with Crippen molar-refractivity contribution < 1.29 is 19.4 Å². The molecule has 6 nitrogen and oxygen atoms in total. The Labute approximate surface area is 193 Å². The Morgan fingerprint density at radius 2 is 1.73 bits per heavy atom. The minimum atomic E-state index is -0.842. The molecule has 1 N–H and O–H groups in total. The van der Waals surface area contributed by atoms with Gasteiger partial charge in [0, 0.05) is 17.4 Å². The molecule has 0 spiro atoms. The van der Waals surface area contributed by atoms with Crippen molar-refractivity contribution in [2.45, 2.75) is 39.3 Å². The summed E-state index contributed by atoms with van der Waals surface area (Å²) >= 11 is 0. The monoisotopic (exact) mass is 442 g/mol. The Kier molecular flexibility index (Phi) is 6.27. The smallest absolute Gasteiger partial charge is 0.300 e. The summed E-state index contributed by atoms with van der Waals surface area (Å²) in [5.41, 5.74) is 2.62. The number of nitrogens with zero attached hydrogens (tertiary/aromatic N) is 2. The molecule has 1 atom stereocenters. The van der Waals surface area contributed by atoms with Gasteiger partial charge in [-0.05, 0) is 74.4 Å². The molecule has 2 aromatic carbocycles. The van der Waals surface area contributed by atoms with Gasteiger partial charge in [0.2, 0.25) is 0 Å². The molecule has 1 aromatic heterocycles. The molecule has 33 heavy (non-hydrogen) atoms. The first-order chi connectivity index (χ1) is 15.9. The molecule has 168 valence electrons. The summed E-state index contributed by atoms with van der Waals surface area (Å²) in [4.78, 5) is 32.1. The minimum Gasteiger partial charge on any atom is -0.507 e. The fourth-order valence-corrected chi connectivity index (χ4v) is 3.93. The normalized spacial score (nSPS) is 17.6. The zero-order valence-electron chi connectivity index (χ0n) is 18.9.